The van der Waals surface area contributed by atoms with E-state index in [0.717, 1.165) is 18.4 Å². The van der Waals surface area contributed by atoms with Gasteiger partial charge in [0.15, 0.2) is 0 Å². The van der Waals surface area contributed by atoms with Gasteiger partial charge in [-0.05, 0) is 55.9 Å². The van der Waals surface area contributed by atoms with Gasteiger partial charge in [-0.15, -0.1) is 0 Å². The average molecular weight is 220 g/mol. The maximum atomic E-state index is 9.55. The first-order valence-corrected chi connectivity index (χ1v) is 6.09. The van der Waals surface area contributed by atoms with E-state index in [-0.39, 0.29) is 0 Å². The lowest BCUT2D eigenvalue weighted by atomic mass is 9.97. The van der Waals surface area contributed by atoms with Crippen LogP contribution in [0.4, 0.5) is 0 Å². The van der Waals surface area contributed by atoms with E-state index in [0.29, 0.717) is 12.3 Å². The van der Waals surface area contributed by atoms with Crippen LogP contribution in [0.15, 0.2) is 12.1 Å². The summed E-state index contributed by atoms with van der Waals surface area (Å²) in [7, 11) is 0. The molecule has 0 bridgehead atoms. The number of nitrogens with one attached hydrogen (secondary N) is 1. The molecule has 16 heavy (non-hydrogen) atoms. The Labute approximate surface area is 98.5 Å². The van der Waals surface area contributed by atoms with Crippen molar-refractivity contribution in [3.05, 3.63) is 28.8 Å². The van der Waals surface area contributed by atoms with Crippen molar-refractivity contribution >= 4 is 0 Å². The van der Waals surface area contributed by atoms with Gasteiger partial charge < -0.3 is 5.11 Å². The molecular weight excluding hydrogens is 198 g/mol. The van der Waals surface area contributed by atoms with Gasteiger partial charge in [0.2, 0.25) is 0 Å². The summed E-state index contributed by atoms with van der Waals surface area (Å²) in [5.74, 6) is 0.399. The van der Waals surface area contributed by atoms with E-state index in [2.05, 4.69) is 6.92 Å². The highest BCUT2D eigenvalue weighted by Crippen LogP contribution is 2.24. The van der Waals surface area contributed by atoms with Crippen LogP contribution in [0.3, 0.4) is 0 Å². The number of hydrogen-bond acceptors (Lipinski definition) is 1. The summed E-state index contributed by atoms with van der Waals surface area (Å²) >= 11 is 0. The van der Waals surface area contributed by atoms with Crippen molar-refractivity contribution in [1.82, 2.24) is 5.73 Å². The molecule has 1 rings (SSSR count). The monoisotopic (exact) mass is 220 g/mol. The molecule has 2 nitrogen and oxygen atoms in total. The fourth-order valence-electron chi connectivity index (χ4n) is 1.93. The van der Waals surface area contributed by atoms with Crippen LogP contribution in [0.25, 0.3) is 0 Å². The zero-order chi connectivity index (χ0) is 12.0. The molecule has 2 heteroatoms. The summed E-state index contributed by atoms with van der Waals surface area (Å²) < 4.78 is 0. The minimum atomic E-state index is 0.399. The Balaban J connectivity index is 2.45. The van der Waals surface area contributed by atoms with E-state index in [1.54, 1.807) is 6.07 Å². The first kappa shape index (κ1) is 13.0. The summed E-state index contributed by atoms with van der Waals surface area (Å²) in [6.45, 7) is 4.60. The predicted molar refractivity (Wildman–Crippen MR) is 67.7 cm³/mol. The number of aromatic hydroxyl groups is 1. The fraction of sp³-hybridized carbons (Fsp3) is 0.571. The van der Waals surface area contributed by atoms with Crippen LogP contribution in [-0.2, 0) is 6.42 Å². The standard InChI is InChI=1S/C14H22NO/c1-11-12(2)14(16)9-8-13(11)7-5-3-4-6-10-15/h8-9,15-16H,3-7,10H2,1-2H3. The normalized spacial score (nSPS) is 10.7. The minimum Gasteiger partial charge on any atom is -0.508 e. The molecule has 0 aliphatic carbocycles. The quantitative estimate of drug-likeness (QED) is 0.734. The molecule has 0 saturated carbocycles. The van der Waals surface area contributed by atoms with Crippen LogP contribution in [0.1, 0.15) is 42.4 Å². The Morgan fingerprint density at radius 3 is 2.38 bits per heavy atom. The van der Waals surface area contributed by atoms with Gasteiger partial charge in [0.05, 0.1) is 0 Å². The summed E-state index contributed by atoms with van der Waals surface area (Å²) in [5.41, 5.74) is 10.6. The van der Waals surface area contributed by atoms with Gasteiger partial charge in [0.25, 0.3) is 0 Å². The molecule has 0 unspecified atom stereocenters. The molecule has 0 aliphatic rings. The fourth-order valence-corrected chi connectivity index (χ4v) is 1.93. The number of unbranched alkanes of at least 4 members (excludes halogenated alkanes) is 3. The number of benzene rings is 1. The minimum absolute atomic E-state index is 0.399. The zero-order valence-electron chi connectivity index (χ0n) is 10.3. The molecule has 0 fully saturated rings. The maximum absolute atomic E-state index is 9.55. The Kier molecular flexibility index (Phi) is 5.33. The molecule has 0 heterocycles. The van der Waals surface area contributed by atoms with Crippen molar-refractivity contribution in [2.24, 2.45) is 0 Å². The summed E-state index contributed by atoms with van der Waals surface area (Å²) in [6, 6.07) is 3.82. The zero-order valence-corrected chi connectivity index (χ0v) is 10.3. The summed E-state index contributed by atoms with van der Waals surface area (Å²) in [5, 5.41) is 9.55. The molecule has 1 aromatic carbocycles. The van der Waals surface area contributed by atoms with Crippen molar-refractivity contribution in [2.75, 3.05) is 6.54 Å². The van der Waals surface area contributed by atoms with E-state index < -0.39 is 0 Å². The van der Waals surface area contributed by atoms with Gasteiger partial charge in [-0.1, -0.05) is 18.9 Å². The van der Waals surface area contributed by atoms with Gasteiger partial charge in [0, 0.05) is 6.54 Å². The van der Waals surface area contributed by atoms with Crippen molar-refractivity contribution in [1.29, 1.82) is 0 Å². The molecule has 0 saturated heterocycles. The molecule has 89 valence electrons. The third-order valence-corrected chi connectivity index (χ3v) is 3.24. The molecule has 0 atom stereocenters. The molecule has 0 amide bonds. The number of phenols is 1. The Hall–Kier alpha value is -1.02. The van der Waals surface area contributed by atoms with Gasteiger partial charge in [-0.25, -0.2) is 0 Å². The second-order valence-electron chi connectivity index (χ2n) is 4.41. The molecular formula is C14H22NO. The highest BCUT2D eigenvalue weighted by Gasteiger charge is 2.04. The van der Waals surface area contributed by atoms with Gasteiger partial charge in [0.1, 0.15) is 5.75 Å². The van der Waals surface area contributed by atoms with Gasteiger partial charge in [-0.3, -0.25) is 5.73 Å². The first-order chi connectivity index (χ1) is 7.66. The van der Waals surface area contributed by atoms with Crippen molar-refractivity contribution in [3.8, 4) is 5.75 Å². The Bertz CT molecular complexity index is 334. The number of aryl methyl sites for hydroxylation is 1. The molecule has 0 aliphatic heterocycles. The third kappa shape index (κ3) is 3.53. The summed E-state index contributed by atoms with van der Waals surface area (Å²) in [6.07, 6.45) is 5.67. The molecule has 0 aromatic heterocycles. The molecule has 1 aromatic rings. The lowest BCUT2D eigenvalue weighted by Crippen LogP contribution is -1.94. The Morgan fingerprint density at radius 2 is 1.69 bits per heavy atom. The van der Waals surface area contributed by atoms with Crippen LogP contribution in [-0.4, -0.2) is 11.7 Å². The van der Waals surface area contributed by atoms with Crippen molar-refractivity contribution < 1.29 is 5.11 Å². The second-order valence-corrected chi connectivity index (χ2v) is 4.41. The van der Waals surface area contributed by atoms with Gasteiger partial charge in [-0.2, -0.15) is 0 Å². The molecule has 0 spiro atoms. The smallest absolute Gasteiger partial charge is 0.118 e. The van der Waals surface area contributed by atoms with E-state index in [1.165, 1.54) is 30.4 Å². The van der Waals surface area contributed by atoms with E-state index in [9.17, 15) is 5.11 Å². The van der Waals surface area contributed by atoms with E-state index in [1.807, 2.05) is 13.0 Å². The lowest BCUT2D eigenvalue weighted by Gasteiger charge is -2.10. The second kappa shape index (κ2) is 6.54. The van der Waals surface area contributed by atoms with E-state index >= 15 is 0 Å². The van der Waals surface area contributed by atoms with Crippen LogP contribution >= 0.6 is 0 Å². The van der Waals surface area contributed by atoms with Crippen LogP contribution in [0, 0.1) is 13.8 Å². The van der Waals surface area contributed by atoms with Crippen LogP contribution < -0.4 is 5.73 Å². The first-order valence-electron chi connectivity index (χ1n) is 6.09. The molecule has 2 N–H and O–H groups in total. The summed E-state index contributed by atoms with van der Waals surface area (Å²) in [4.78, 5) is 0. The maximum Gasteiger partial charge on any atom is 0.118 e. The van der Waals surface area contributed by atoms with Crippen molar-refractivity contribution in [3.63, 3.8) is 0 Å². The Morgan fingerprint density at radius 1 is 1.00 bits per heavy atom. The number of phenolic OH excluding ortho intramolecular Hbond substituents is 1. The highest BCUT2D eigenvalue weighted by atomic mass is 16.3. The SMILES string of the molecule is Cc1c(O)ccc(CCCCCC[NH])c1C. The topological polar surface area (TPSA) is 44.0 Å². The molecule has 1 radical (unpaired) electrons. The number of hydrogen-bond donors (Lipinski definition) is 1. The highest BCUT2D eigenvalue weighted by molar-refractivity contribution is 5.42. The average Bonchev–Trinajstić information content (AvgIpc) is 2.28. The lowest BCUT2D eigenvalue weighted by molar-refractivity contribution is 0.470. The largest absolute Gasteiger partial charge is 0.508 e. The van der Waals surface area contributed by atoms with E-state index in [4.69, 9.17) is 5.73 Å². The predicted octanol–water partition coefficient (Wildman–Crippen LogP) is 3.39. The van der Waals surface area contributed by atoms with Gasteiger partial charge >= 0.3 is 0 Å². The number of rotatable bonds is 6. The van der Waals surface area contributed by atoms with Crippen molar-refractivity contribution in [2.45, 2.75) is 46.0 Å². The van der Waals surface area contributed by atoms with Crippen LogP contribution in [0.2, 0.25) is 0 Å². The third-order valence-electron chi connectivity index (χ3n) is 3.24. The van der Waals surface area contributed by atoms with Crippen LogP contribution in [0.5, 0.6) is 5.75 Å².